The second-order valence-corrected chi connectivity index (χ2v) is 5.23. The summed E-state index contributed by atoms with van der Waals surface area (Å²) in [5, 5.41) is 0. The van der Waals surface area contributed by atoms with Crippen molar-refractivity contribution in [2.45, 2.75) is 76.3 Å². The van der Waals surface area contributed by atoms with Crippen LogP contribution in [0.1, 0.15) is 64.7 Å². The number of rotatable bonds is 6. The van der Waals surface area contributed by atoms with Gasteiger partial charge in [-0.05, 0) is 32.1 Å². The smallest absolute Gasteiger partial charge is 0.152 e. The van der Waals surface area contributed by atoms with E-state index in [-0.39, 0.29) is 11.8 Å². The van der Waals surface area contributed by atoms with Crippen molar-refractivity contribution >= 4 is 5.78 Å². The van der Waals surface area contributed by atoms with Crippen molar-refractivity contribution in [3.63, 3.8) is 0 Å². The molecule has 4 N–H and O–H groups in total. The number of unbranched alkanes of at least 4 members (excludes halogenated alkanes) is 3. The molecule has 1 saturated carbocycles. The molecule has 0 unspecified atom stereocenters. The Hall–Kier alpha value is -0.410. The first-order valence-electron chi connectivity index (χ1n) is 6.66. The maximum atomic E-state index is 12.0. The second-order valence-electron chi connectivity index (χ2n) is 5.23. The fraction of sp³-hybridized carbons (Fsp3) is 0.923. The van der Waals surface area contributed by atoms with Crippen molar-refractivity contribution < 1.29 is 4.79 Å². The van der Waals surface area contributed by atoms with Crippen molar-refractivity contribution in [1.29, 1.82) is 0 Å². The lowest BCUT2D eigenvalue weighted by Crippen LogP contribution is -2.52. The van der Waals surface area contributed by atoms with Crippen molar-refractivity contribution in [1.82, 2.24) is 0 Å². The topological polar surface area (TPSA) is 69.1 Å². The van der Waals surface area contributed by atoms with Gasteiger partial charge in [-0.2, -0.15) is 0 Å². The molecule has 16 heavy (non-hydrogen) atoms. The Labute approximate surface area is 99.0 Å². The van der Waals surface area contributed by atoms with E-state index in [9.17, 15) is 4.79 Å². The largest absolute Gasteiger partial charge is 0.328 e. The number of carbonyl (C=O) groups excluding carboxylic acids is 1. The molecule has 1 rings (SSSR count). The predicted octanol–water partition coefficient (Wildman–Crippen LogP) is 2.12. The maximum Gasteiger partial charge on any atom is 0.152 e. The summed E-state index contributed by atoms with van der Waals surface area (Å²) in [5.41, 5.74) is 11.4. The lowest BCUT2D eigenvalue weighted by molar-refractivity contribution is -0.125. The van der Waals surface area contributed by atoms with Crippen LogP contribution < -0.4 is 11.5 Å². The molecule has 1 aliphatic carbocycles. The van der Waals surface area contributed by atoms with Gasteiger partial charge in [-0.3, -0.25) is 4.79 Å². The third kappa shape index (κ3) is 3.87. The van der Waals surface area contributed by atoms with E-state index in [0.29, 0.717) is 6.42 Å². The third-order valence-corrected chi connectivity index (χ3v) is 3.74. The van der Waals surface area contributed by atoms with Crippen LogP contribution in [0.4, 0.5) is 0 Å². The third-order valence-electron chi connectivity index (χ3n) is 3.74. The van der Waals surface area contributed by atoms with Crippen LogP contribution in [-0.4, -0.2) is 17.4 Å². The summed E-state index contributed by atoms with van der Waals surface area (Å²) in [4.78, 5) is 12.0. The highest BCUT2D eigenvalue weighted by Crippen LogP contribution is 2.27. The Bertz CT molecular complexity index is 220. The average molecular weight is 226 g/mol. The molecule has 0 aromatic carbocycles. The van der Waals surface area contributed by atoms with Gasteiger partial charge in [0.1, 0.15) is 0 Å². The van der Waals surface area contributed by atoms with Gasteiger partial charge in [-0.25, -0.2) is 0 Å². The lowest BCUT2D eigenvalue weighted by atomic mass is 9.76. The molecule has 0 aromatic heterocycles. The molecule has 0 spiro atoms. The zero-order valence-corrected chi connectivity index (χ0v) is 10.5. The highest BCUT2D eigenvalue weighted by atomic mass is 16.1. The van der Waals surface area contributed by atoms with E-state index in [4.69, 9.17) is 11.5 Å². The summed E-state index contributed by atoms with van der Waals surface area (Å²) in [6.45, 7) is 2.18. The molecule has 94 valence electrons. The van der Waals surface area contributed by atoms with Gasteiger partial charge in [0, 0.05) is 12.5 Å². The first-order chi connectivity index (χ1) is 7.58. The van der Waals surface area contributed by atoms with E-state index in [0.717, 1.165) is 38.5 Å². The van der Waals surface area contributed by atoms with Crippen molar-refractivity contribution in [2.24, 2.45) is 11.5 Å². The lowest BCUT2D eigenvalue weighted by Gasteiger charge is -2.34. The fourth-order valence-electron chi connectivity index (χ4n) is 2.40. The van der Waals surface area contributed by atoms with Gasteiger partial charge in [0.15, 0.2) is 5.78 Å². The van der Waals surface area contributed by atoms with Crippen LogP contribution in [0.3, 0.4) is 0 Å². The van der Waals surface area contributed by atoms with Crippen LogP contribution in [0.2, 0.25) is 0 Å². The quantitative estimate of drug-likeness (QED) is 0.682. The minimum Gasteiger partial charge on any atom is -0.328 e. The van der Waals surface area contributed by atoms with Crippen LogP contribution in [0, 0.1) is 0 Å². The highest BCUT2D eigenvalue weighted by Gasteiger charge is 2.36. The Kier molecular flexibility index (Phi) is 5.42. The first-order valence-corrected chi connectivity index (χ1v) is 6.66. The molecule has 0 heterocycles. The van der Waals surface area contributed by atoms with Crippen LogP contribution >= 0.6 is 0 Å². The number of ketones is 1. The summed E-state index contributed by atoms with van der Waals surface area (Å²) in [5.74, 6) is 0.260. The number of hydrogen-bond acceptors (Lipinski definition) is 3. The molecule has 3 nitrogen and oxygen atoms in total. The van der Waals surface area contributed by atoms with Crippen molar-refractivity contribution in [3.05, 3.63) is 0 Å². The van der Waals surface area contributed by atoms with E-state index in [1.165, 1.54) is 12.8 Å². The van der Waals surface area contributed by atoms with Gasteiger partial charge < -0.3 is 11.5 Å². The predicted molar refractivity (Wildman–Crippen MR) is 67.1 cm³/mol. The van der Waals surface area contributed by atoms with E-state index in [1.807, 2.05) is 0 Å². The molecule has 0 aliphatic heterocycles. The minimum absolute atomic E-state index is 0.254. The van der Waals surface area contributed by atoms with E-state index in [2.05, 4.69) is 6.92 Å². The van der Waals surface area contributed by atoms with E-state index in [1.54, 1.807) is 0 Å². The van der Waals surface area contributed by atoms with Gasteiger partial charge in [0.25, 0.3) is 0 Å². The number of Topliss-reactive ketones (excluding diaryl/α,β-unsaturated/α-hetero) is 1. The Morgan fingerprint density at radius 1 is 1.25 bits per heavy atom. The SMILES string of the molecule is CCCCCCC(=O)C1(N)CCC(N)CC1. The molecule has 0 aromatic rings. The monoisotopic (exact) mass is 226 g/mol. The summed E-state index contributed by atoms with van der Waals surface area (Å²) in [6.07, 6.45) is 8.59. The normalized spacial score (nSPS) is 30.3. The van der Waals surface area contributed by atoms with Crippen LogP contribution in [-0.2, 0) is 4.79 Å². The van der Waals surface area contributed by atoms with Crippen LogP contribution in [0.25, 0.3) is 0 Å². The number of nitrogens with two attached hydrogens (primary N) is 2. The molecule has 0 bridgehead atoms. The van der Waals surface area contributed by atoms with Gasteiger partial charge in [-0.15, -0.1) is 0 Å². The van der Waals surface area contributed by atoms with E-state index < -0.39 is 5.54 Å². The first kappa shape index (κ1) is 13.7. The number of hydrogen-bond donors (Lipinski definition) is 2. The molecular formula is C13H26N2O. The summed E-state index contributed by atoms with van der Waals surface area (Å²) < 4.78 is 0. The second kappa shape index (κ2) is 6.36. The Morgan fingerprint density at radius 2 is 1.88 bits per heavy atom. The fourth-order valence-corrected chi connectivity index (χ4v) is 2.40. The zero-order valence-electron chi connectivity index (χ0n) is 10.5. The Balaban J connectivity index is 2.29. The highest BCUT2D eigenvalue weighted by molar-refractivity contribution is 5.88. The zero-order chi connectivity index (χ0) is 12.0. The minimum atomic E-state index is -0.553. The molecule has 0 atom stereocenters. The van der Waals surface area contributed by atoms with Crippen LogP contribution in [0.5, 0.6) is 0 Å². The molecule has 1 aliphatic rings. The summed E-state index contributed by atoms with van der Waals surface area (Å²) in [6, 6.07) is 0.254. The number of carbonyl (C=O) groups is 1. The maximum absolute atomic E-state index is 12.0. The Morgan fingerprint density at radius 3 is 2.44 bits per heavy atom. The van der Waals surface area contributed by atoms with Gasteiger partial charge in [0.2, 0.25) is 0 Å². The summed E-state index contributed by atoms with van der Waals surface area (Å²) in [7, 11) is 0. The molecule has 0 saturated heterocycles. The van der Waals surface area contributed by atoms with Crippen molar-refractivity contribution in [3.8, 4) is 0 Å². The molecule has 0 radical (unpaired) electrons. The molecular weight excluding hydrogens is 200 g/mol. The molecule has 0 amide bonds. The van der Waals surface area contributed by atoms with Gasteiger partial charge in [0.05, 0.1) is 5.54 Å². The van der Waals surface area contributed by atoms with E-state index >= 15 is 0 Å². The standard InChI is InChI=1S/C13H26N2O/c1-2-3-4-5-6-12(16)13(15)9-7-11(14)8-10-13/h11H,2-10,14-15H2,1H3. The summed E-state index contributed by atoms with van der Waals surface area (Å²) >= 11 is 0. The molecule has 3 heteroatoms. The van der Waals surface area contributed by atoms with Crippen LogP contribution in [0.15, 0.2) is 0 Å². The molecule has 1 fully saturated rings. The van der Waals surface area contributed by atoms with Gasteiger partial charge >= 0.3 is 0 Å². The average Bonchev–Trinajstić information content (AvgIpc) is 2.28. The van der Waals surface area contributed by atoms with Crippen molar-refractivity contribution in [2.75, 3.05) is 0 Å². The van der Waals surface area contributed by atoms with Gasteiger partial charge in [-0.1, -0.05) is 26.2 Å².